The van der Waals surface area contributed by atoms with Crippen LogP contribution in [0.4, 0.5) is 0 Å². The van der Waals surface area contributed by atoms with Gasteiger partial charge in [-0.1, -0.05) is 0 Å². The van der Waals surface area contributed by atoms with Crippen molar-refractivity contribution in [3.63, 3.8) is 0 Å². The third-order valence-corrected chi connectivity index (χ3v) is 7.24. The third-order valence-electron chi connectivity index (χ3n) is 5.90. The van der Waals surface area contributed by atoms with Crippen molar-refractivity contribution in [2.24, 2.45) is 11.8 Å². The van der Waals surface area contributed by atoms with Gasteiger partial charge in [-0.15, -0.1) is 11.8 Å². The molecule has 26 heavy (non-hydrogen) atoms. The number of hydrogen-bond acceptors (Lipinski definition) is 6. The first-order valence-corrected chi connectivity index (χ1v) is 9.89. The molecule has 142 valence electrons. The number of amides is 2. The van der Waals surface area contributed by atoms with Gasteiger partial charge in [-0.05, 0) is 13.3 Å². The summed E-state index contributed by atoms with van der Waals surface area (Å²) in [5.41, 5.74) is 0.0862. The van der Waals surface area contributed by atoms with E-state index in [0.29, 0.717) is 19.4 Å². The van der Waals surface area contributed by atoms with Crippen LogP contribution in [0.1, 0.15) is 26.2 Å². The molecule has 4 N–H and O–H groups in total. The molecule has 2 amide bonds. The Balaban J connectivity index is 1.44. The van der Waals surface area contributed by atoms with Crippen molar-refractivity contribution >= 4 is 29.5 Å². The lowest BCUT2D eigenvalue weighted by molar-refractivity contribution is -0.161. The molecule has 4 heterocycles. The number of aliphatic hydroxyl groups is 1. The average molecular weight is 381 g/mol. The number of thioether (sulfide) groups is 1. The van der Waals surface area contributed by atoms with Gasteiger partial charge in [0.1, 0.15) is 5.70 Å². The number of aliphatic carboxylic acids is 1. The number of β-lactam (4-membered cyclic amide) rings is 1. The summed E-state index contributed by atoms with van der Waals surface area (Å²) in [6.45, 7) is 3.03. The first kappa shape index (κ1) is 17.8. The van der Waals surface area contributed by atoms with Crippen LogP contribution in [0.25, 0.3) is 0 Å². The molecule has 0 aromatic carbocycles. The Morgan fingerprint density at radius 3 is 2.69 bits per heavy atom. The molecule has 0 aliphatic carbocycles. The molecule has 0 spiro atoms. The van der Waals surface area contributed by atoms with Crippen molar-refractivity contribution in [3.05, 3.63) is 10.6 Å². The Morgan fingerprint density at radius 1 is 1.31 bits per heavy atom. The summed E-state index contributed by atoms with van der Waals surface area (Å²) in [6.07, 6.45) is 1.14. The molecule has 0 aromatic rings. The van der Waals surface area contributed by atoms with Gasteiger partial charge < -0.3 is 25.7 Å². The lowest BCUT2D eigenvalue weighted by Gasteiger charge is -2.44. The third kappa shape index (κ3) is 2.82. The second-order valence-electron chi connectivity index (χ2n) is 7.58. The largest absolute Gasteiger partial charge is 0.477 e. The van der Waals surface area contributed by atoms with Crippen molar-refractivity contribution in [1.29, 1.82) is 0 Å². The maximum atomic E-state index is 12.2. The minimum Gasteiger partial charge on any atom is -0.477 e. The van der Waals surface area contributed by atoms with E-state index in [9.17, 15) is 24.6 Å². The minimum atomic E-state index is -1.08. The highest BCUT2D eigenvalue weighted by Crippen LogP contribution is 2.48. The number of aliphatic hydroxyl groups excluding tert-OH is 1. The van der Waals surface area contributed by atoms with Gasteiger partial charge in [-0.25, -0.2) is 4.79 Å². The monoisotopic (exact) mass is 381 g/mol. The number of nitrogens with zero attached hydrogens (tertiary/aromatic N) is 1. The number of carboxylic acid groups (broad SMARTS) is 1. The second-order valence-corrected chi connectivity index (χ2v) is 8.98. The van der Waals surface area contributed by atoms with Crippen LogP contribution in [0, 0.1) is 11.8 Å². The van der Waals surface area contributed by atoms with Crippen LogP contribution < -0.4 is 10.6 Å². The fraction of sp³-hybridized carbons (Fsp3) is 0.706. The smallest absolute Gasteiger partial charge is 0.353 e. The van der Waals surface area contributed by atoms with E-state index in [-0.39, 0.29) is 40.8 Å². The van der Waals surface area contributed by atoms with Gasteiger partial charge in [0.05, 0.1) is 18.1 Å². The van der Waals surface area contributed by atoms with Crippen molar-refractivity contribution in [2.45, 2.75) is 49.6 Å². The van der Waals surface area contributed by atoms with E-state index in [1.165, 1.54) is 16.7 Å². The minimum absolute atomic E-state index is 0.0862. The molecule has 0 bridgehead atoms. The Kier molecular flexibility index (Phi) is 4.48. The highest BCUT2D eigenvalue weighted by Gasteiger charge is 2.57. The fourth-order valence-electron chi connectivity index (χ4n) is 4.63. The van der Waals surface area contributed by atoms with E-state index < -0.39 is 18.0 Å². The summed E-state index contributed by atoms with van der Waals surface area (Å²) in [6, 6.07) is 0.0171. The van der Waals surface area contributed by atoms with Gasteiger partial charge in [0.25, 0.3) is 0 Å². The molecule has 4 aliphatic rings. The summed E-state index contributed by atoms with van der Waals surface area (Å²) in [5, 5.41) is 25.9. The number of fused-ring (bicyclic) bond motifs is 1. The Morgan fingerprint density at radius 2 is 2.08 bits per heavy atom. The number of carbonyl (C=O) groups excluding carboxylic acids is 2. The summed E-state index contributed by atoms with van der Waals surface area (Å²) in [5.74, 6) is -1.51. The maximum absolute atomic E-state index is 12.2. The number of carbonyl (C=O) groups is 3. The Bertz CT molecular complexity index is 694. The number of rotatable bonds is 5. The van der Waals surface area contributed by atoms with E-state index in [1.807, 2.05) is 0 Å². The predicted molar refractivity (Wildman–Crippen MR) is 94.0 cm³/mol. The molecule has 8 nitrogen and oxygen atoms in total. The molecule has 0 aromatic heterocycles. The van der Waals surface area contributed by atoms with E-state index in [2.05, 4.69) is 10.6 Å². The van der Waals surface area contributed by atoms with Crippen LogP contribution >= 0.6 is 11.8 Å². The molecule has 9 heteroatoms. The van der Waals surface area contributed by atoms with Crippen LogP contribution in [0.5, 0.6) is 0 Å². The summed E-state index contributed by atoms with van der Waals surface area (Å²) in [7, 11) is 0. The zero-order valence-corrected chi connectivity index (χ0v) is 15.3. The SMILES string of the molecule is C[C@@H](O)[C@H]1C(=O)N2C(C(=O)O)=C(S[C@@H]3CN[C@H](C4CNC(=O)C4)C3)C[C@H]12. The number of hydrogen-bond donors (Lipinski definition) is 4. The highest BCUT2D eigenvalue weighted by molar-refractivity contribution is 8.03. The molecular weight excluding hydrogens is 358 g/mol. The predicted octanol–water partition coefficient (Wildman–Crippen LogP) is -0.506. The number of carboxylic acids is 1. The molecule has 0 radical (unpaired) electrons. The highest BCUT2D eigenvalue weighted by atomic mass is 32.2. The molecular formula is C17H23N3O5S. The lowest BCUT2D eigenvalue weighted by Crippen LogP contribution is -2.61. The van der Waals surface area contributed by atoms with Crippen molar-refractivity contribution in [1.82, 2.24) is 15.5 Å². The standard InChI is InChI=1S/C17H23N3O5S/c1-7(21)14-11-4-12(15(17(24)25)20(11)16(14)23)26-9-3-10(18-6-9)8-2-13(22)19-5-8/h7-11,14,18,21H,2-6H2,1H3,(H,19,22)(H,24,25)/t7-,8?,9+,10+,11-,14-/m1/s1. The Hall–Kier alpha value is -1.58. The molecule has 3 fully saturated rings. The lowest BCUT2D eigenvalue weighted by atomic mass is 9.83. The normalized spacial score (nSPS) is 37.6. The zero-order valence-electron chi connectivity index (χ0n) is 14.5. The first-order chi connectivity index (χ1) is 12.4. The quantitative estimate of drug-likeness (QED) is 0.474. The molecule has 0 saturated carbocycles. The van der Waals surface area contributed by atoms with E-state index >= 15 is 0 Å². The van der Waals surface area contributed by atoms with Gasteiger partial charge >= 0.3 is 5.97 Å². The van der Waals surface area contributed by atoms with Gasteiger partial charge in [-0.2, -0.15) is 0 Å². The maximum Gasteiger partial charge on any atom is 0.353 e. The molecule has 4 rings (SSSR count). The van der Waals surface area contributed by atoms with E-state index in [4.69, 9.17) is 0 Å². The number of nitrogens with one attached hydrogen (secondary N) is 2. The summed E-state index contributed by atoms with van der Waals surface area (Å²) >= 11 is 1.53. The second kappa shape index (κ2) is 6.54. The molecule has 1 unspecified atom stereocenters. The van der Waals surface area contributed by atoms with E-state index in [0.717, 1.165) is 17.9 Å². The van der Waals surface area contributed by atoms with E-state index in [1.54, 1.807) is 6.92 Å². The van der Waals surface area contributed by atoms with Crippen LogP contribution in [-0.4, -0.2) is 69.4 Å². The van der Waals surface area contributed by atoms with Crippen LogP contribution in [0.2, 0.25) is 0 Å². The molecule has 4 aliphatic heterocycles. The van der Waals surface area contributed by atoms with Crippen LogP contribution in [-0.2, 0) is 14.4 Å². The van der Waals surface area contributed by atoms with Gasteiger partial charge in [-0.3, -0.25) is 9.59 Å². The van der Waals surface area contributed by atoms with Gasteiger partial charge in [0.2, 0.25) is 11.8 Å². The molecule has 3 saturated heterocycles. The topological polar surface area (TPSA) is 119 Å². The average Bonchev–Trinajstić information content (AvgIpc) is 3.25. The van der Waals surface area contributed by atoms with Gasteiger partial charge in [0, 0.05) is 48.0 Å². The van der Waals surface area contributed by atoms with Crippen molar-refractivity contribution in [3.8, 4) is 0 Å². The zero-order chi connectivity index (χ0) is 18.6. The van der Waals surface area contributed by atoms with Crippen LogP contribution in [0.15, 0.2) is 10.6 Å². The van der Waals surface area contributed by atoms with Gasteiger partial charge in [0.15, 0.2) is 0 Å². The van der Waals surface area contributed by atoms with Crippen molar-refractivity contribution in [2.75, 3.05) is 13.1 Å². The van der Waals surface area contributed by atoms with Crippen molar-refractivity contribution < 1.29 is 24.6 Å². The fourth-order valence-corrected chi connectivity index (χ4v) is 6.08. The first-order valence-electron chi connectivity index (χ1n) is 9.01. The molecule has 6 atom stereocenters. The summed E-state index contributed by atoms with van der Waals surface area (Å²) < 4.78 is 0. The summed E-state index contributed by atoms with van der Waals surface area (Å²) in [4.78, 5) is 37.5. The van der Waals surface area contributed by atoms with Crippen LogP contribution in [0.3, 0.4) is 0 Å². The Labute approximate surface area is 155 Å².